The van der Waals surface area contributed by atoms with Crippen LogP contribution in [0.3, 0.4) is 0 Å². The second-order valence-electron chi connectivity index (χ2n) is 9.02. The molecule has 1 aromatic heterocycles. The number of anilines is 1. The van der Waals surface area contributed by atoms with Gasteiger partial charge in [-0.25, -0.2) is 4.98 Å². The lowest BCUT2D eigenvalue weighted by Gasteiger charge is -2.38. The number of aromatic nitrogens is 2. The predicted octanol–water partition coefficient (Wildman–Crippen LogP) is 3.92. The minimum absolute atomic E-state index is 0.0830. The Hall–Kier alpha value is -1.70. The van der Waals surface area contributed by atoms with E-state index in [0.717, 1.165) is 11.4 Å². The maximum Gasteiger partial charge on any atom is 0.254 e. The van der Waals surface area contributed by atoms with Gasteiger partial charge in [-0.3, -0.25) is 14.2 Å². The first-order valence-corrected chi connectivity index (χ1v) is 12.1. The summed E-state index contributed by atoms with van der Waals surface area (Å²) in [6.07, 6.45) is 0. The van der Waals surface area contributed by atoms with Crippen molar-refractivity contribution in [3.63, 3.8) is 0 Å². The van der Waals surface area contributed by atoms with Crippen LogP contribution in [0.2, 0.25) is 10.0 Å². The maximum atomic E-state index is 13.2. The Morgan fingerprint density at radius 1 is 1.16 bits per heavy atom. The zero-order valence-electron chi connectivity index (χ0n) is 17.9. The number of amides is 1. The molecule has 31 heavy (non-hydrogen) atoms. The number of rotatable bonds is 2. The van der Waals surface area contributed by atoms with Crippen molar-refractivity contribution in [1.82, 2.24) is 14.5 Å². The predicted molar refractivity (Wildman–Crippen MR) is 127 cm³/mol. The van der Waals surface area contributed by atoms with E-state index in [0.29, 0.717) is 53.7 Å². The monoisotopic (exact) mass is 480 g/mol. The van der Waals surface area contributed by atoms with E-state index >= 15 is 0 Å². The zero-order valence-corrected chi connectivity index (χ0v) is 20.2. The largest absolute Gasteiger partial charge is 0.367 e. The molecule has 1 fully saturated rings. The Kier molecular flexibility index (Phi) is 6.30. The third-order valence-electron chi connectivity index (χ3n) is 5.77. The lowest BCUT2D eigenvalue weighted by molar-refractivity contribution is -0.135. The molecule has 1 saturated heterocycles. The van der Waals surface area contributed by atoms with Gasteiger partial charge in [-0.1, -0.05) is 61.8 Å². The van der Waals surface area contributed by atoms with Crippen LogP contribution in [0.15, 0.2) is 34.2 Å². The molecular weight excluding hydrogens is 455 g/mol. The summed E-state index contributed by atoms with van der Waals surface area (Å²) < 4.78 is 1.65. The molecule has 3 heterocycles. The molecule has 0 saturated carbocycles. The highest BCUT2D eigenvalue weighted by Crippen LogP contribution is 2.33. The fourth-order valence-corrected chi connectivity index (χ4v) is 5.40. The van der Waals surface area contributed by atoms with Crippen molar-refractivity contribution in [2.24, 2.45) is 5.92 Å². The number of thioether (sulfide) groups is 1. The summed E-state index contributed by atoms with van der Waals surface area (Å²) in [5.74, 6) is 0.514. The fourth-order valence-electron chi connectivity index (χ4n) is 3.91. The van der Waals surface area contributed by atoms with Crippen molar-refractivity contribution < 1.29 is 4.79 Å². The third-order valence-corrected chi connectivity index (χ3v) is 7.72. The highest BCUT2D eigenvalue weighted by molar-refractivity contribution is 7.99. The molecule has 4 rings (SSSR count). The lowest BCUT2D eigenvalue weighted by atomic mass is 9.92. The molecule has 1 atom stereocenters. The number of halogens is 2. The second-order valence-corrected chi connectivity index (χ2v) is 10.8. The van der Waals surface area contributed by atoms with E-state index in [-0.39, 0.29) is 22.8 Å². The Labute approximate surface area is 196 Å². The first-order chi connectivity index (χ1) is 14.6. The van der Waals surface area contributed by atoms with Crippen LogP contribution in [0.5, 0.6) is 0 Å². The van der Waals surface area contributed by atoms with Crippen molar-refractivity contribution in [2.45, 2.75) is 37.9 Å². The van der Waals surface area contributed by atoms with Crippen LogP contribution < -0.4 is 10.5 Å². The summed E-state index contributed by atoms with van der Waals surface area (Å²) in [6.45, 7) is 9.14. The Bertz CT molecular complexity index is 1060. The third kappa shape index (κ3) is 4.59. The van der Waals surface area contributed by atoms with E-state index in [1.54, 1.807) is 16.7 Å². The first kappa shape index (κ1) is 22.5. The van der Waals surface area contributed by atoms with Crippen LogP contribution in [0, 0.1) is 5.92 Å². The molecule has 1 amide bonds. The van der Waals surface area contributed by atoms with Gasteiger partial charge >= 0.3 is 0 Å². The highest BCUT2D eigenvalue weighted by Gasteiger charge is 2.33. The molecule has 1 unspecified atom stereocenters. The van der Waals surface area contributed by atoms with Crippen molar-refractivity contribution in [1.29, 1.82) is 0 Å². The molecule has 1 aromatic carbocycles. The number of piperazine rings is 1. The minimum atomic E-state index is -0.223. The molecule has 9 heteroatoms. The molecule has 0 spiro atoms. The number of benzene rings is 1. The van der Waals surface area contributed by atoms with Gasteiger partial charge in [0.1, 0.15) is 0 Å². The van der Waals surface area contributed by atoms with Gasteiger partial charge in [0.2, 0.25) is 5.91 Å². The number of carbonyl (C=O) groups is 1. The lowest BCUT2D eigenvalue weighted by Crippen LogP contribution is -2.52. The van der Waals surface area contributed by atoms with Crippen molar-refractivity contribution >= 4 is 46.6 Å². The van der Waals surface area contributed by atoms with E-state index in [4.69, 9.17) is 23.2 Å². The van der Waals surface area contributed by atoms with Gasteiger partial charge in [0, 0.05) is 50.0 Å². The van der Waals surface area contributed by atoms with Gasteiger partial charge in [0.05, 0.1) is 27.3 Å². The number of hydrogen-bond donors (Lipinski definition) is 0. The molecule has 2 aromatic rings. The Morgan fingerprint density at radius 2 is 1.87 bits per heavy atom. The van der Waals surface area contributed by atoms with E-state index < -0.39 is 0 Å². The minimum Gasteiger partial charge on any atom is -0.367 e. The molecule has 166 valence electrons. The van der Waals surface area contributed by atoms with Gasteiger partial charge in [0.25, 0.3) is 5.56 Å². The molecular formula is C22H26Cl2N4O2S. The van der Waals surface area contributed by atoms with Gasteiger partial charge in [-0.15, -0.1) is 0 Å². The van der Waals surface area contributed by atoms with Gasteiger partial charge in [0.15, 0.2) is 5.16 Å². The maximum absolute atomic E-state index is 13.2. The number of fused-ring (bicyclic) bond motifs is 1. The summed E-state index contributed by atoms with van der Waals surface area (Å²) in [6, 6.07) is 7.21. The summed E-state index contributed by atoms with van der Waals surface area (Å²) in [4.78, 5) is 34.6. The molecule has 0 radical (unpaired) electrons. The zero-order chi connectivity index (χ0) is 22.3. The fraction of sp³-hybridized carbons (Fsp3) is 0.500. The molecule has 0 N–H and O–H groups in total. The quantitative estimate of drug-likeness (QED) is 0.609. The summed E-state index contributed by atoms with van der Waals surface area (Å²) in [5, 5.41) is 1.79. The second kappa shape index (κ2) is 8.68. The molecule has 2 aliphatic rings. The average Bonchev–Trinajstić information content (AvgIpc) is 2.74. The van der Waals surface area contributed by atoms with Gasteiger partial charge < -0.3 is 9.80 Å². The van der Waals surface area contributed by atoms with Crippen LogP contribution in [0.1, 0.15) is 26.5 Å². The van der Waals surface area contributed by atoms with E-state index in [9.17, 15) is 9.59 Å². The SMILES string of the molecule is CC(C)(C)c1cc(=O)n2c(n1)SCC(C(=O)N1CCN(c3cccc(Cl)c3Cl)CC1)C2. The van der Waals surface area contributed by atoms with E-state index in [1.165, 1.54) is 11.8 Å². The number of carbonyl (C=O) groups excluding carboxylic acids is 1. The Morgan fingerprint density at radius 3 is 2.55 bits per heavy atom. The summed E-state index contributed by atoms with van der Waals surface area (Å²) >= 11 is 14.0. The van der Waals surface area contributed by atoms with Crippen LogP contribution in [-0.2, 0) is 16.8 Å². The van der Waals surface area contributed by atoms with Gasteiger partial charge in [-0.2, -0.15) is 0 Å². The molecule has 6 nitrogen and oxygen atoms in total. The first-order valence-electron chi connectivity index (χ1n) is 10.4. The summed E-state index contributed by atoms with van der Waals surface area (Å²) in [5.41, 5.74) is 1.42. The van der Waals surface area contributed by atoms with Crippen molar-refractivity contribution in [2.75, 3.05) is 36.8 Å². The van der Waals surface area contributed by atoms with E-state index in [1.807, 2.05) is 37.8 Å². The normalized spacial score (nSPS) is 19.3. The number of nitrogens with zero attached hydrogens (tertiary/aromatic N) is 4. The van der Waals surface area contributed by atoms with E-state index in [2.05, 4.69) is 9.88 Å². The molecule has 0 bridgehead atoms. The van der Waals surface area contributed by atoms with Crippen LogP contribution in [0.4, 0.5) is 5.69 Å². The average molecular weight is 481 g/mol. The van der Waals surface area contributed by atoms with Crippen LogP contribution >= 0.6 is 35.0 Å². The van der Waals surface area contributed by atoms with Crippen molar-refractivity contribution in [3.8, 4) is 0 Å². The van der Waals surface area contributed by atoms with Crippen molar-refractivity contribution in [3.05, 3.63) is 50.4 Å². The number of hydrogen-bond acceptors (Lipinski definition) is 5. The van der Waals surface area contributed by atoms with Crippen LogP contribution in [-0.4, -0.2) is 52.3 Å². The topological polar surface area (TPSA) is 58.4 Å². The van der Waals surface area contributed by atoms with Gasteiger partial charge in [-0.05, 0) is 12.1 Å². The molecule has 2 aliphatic heterocycles. The Balaban J connectivity index is 1.43. The molecule has 0 aliphatic carbocycles. The highest BCUT2D eigenvalue weighted by atomic mass is 35.5. The summed E-state index contributed by atoms with van der Waals surface area (Å²) in [7, 11) is 0. The smallest absolute Gasteiger partial charge is 0.254 e. The van der Waals surface area contributed by atoms with Crippen LogP contribution in [0.25, 0.3) is 0 Å². The standard InChI is InChI=1S/C22H26Cl2N4O2S/c1-22(2,3)17-11-18(29)28-12-14(13-31-21(28)25-17)20(30)27-9-7-26(8-10-27)16-6-4-5-15(23)19(16)24/h4-6,11,14H,7-10,12-13H2,1-3H3.